The van der Waals surface area contributed by atoms with E-state index in [4.69, 9.17) is 21.4 Å². The van der Waals surface area contributed by atoms with E-state index in [9.17, 15) is 13.6 Å². The molecule has 0 aliphatic heterocycles. The summed E-state index contributed by atoms with van der Waals surface area (Å²) >= 11 is 5.71. The number of aromatic nitrogens is 1. The van der Waals surface area contributed by atoms with Crippen LogP contribution < -0.4 is 4.74 Å². The summed E-state index contributed by atoms with van der Waals surface area (Å²) in [5.41, 5.74) is 1.83. The van der Waals surface area contributed by atoms with Gasteiger partial charge in [0.05, 0.1) is 16.4 Å². The Morgan fingerprint density at radius 3 is 2.23 bits per heavy atom. The first-order valence-electron chi connectivity index (χ1n) is 7.50. The molecule has 0 radical (unpaired) electrons. The second kappa shape index (κ2) is 7.49. The van der Waals surface area contributed by atoms with Gasteiger partial charge in [0.1, 0.15) is 17.4 Å². The Morgan fingerprint density at radius 2 is 1.62 bits per heavy atom. The number of carboxylic acid groups (broad SMARTS) is 1. The zero-order valence-electron chi connectivity index (χ0n) is 13.2. The molecule has 3 aromatic rings. The summed E-state index contributed by atoms with van der Waals surface area (Å²) in [4.78, 5) is 15.2. The Bertz CT molecular complexity index is 961. The first-order chi connectivity index (χ1) is 12.4. The number of carbonyl (C=O) groups is 1. The Kier molecular flexibility index (Phi) is 5.14. The van der Waals surface area contributed by atoms with E-state index in [1.165, 1.54) is 48.5 Å². The van der Waals surface area contributed by atoms with Crippen molar-refractivity contribution in [2.75, 3.05) is 6.61 Å². The van der Waals surface area contributed by atoms with Gasteiger partial charge in [-0.25, -0.2) is 18.6 Å². The molecule has 26 heavy (non-hydrogen) atoms. The molecule has 2 aromatic carbocycles. The number of ether oxygens (including phenoxy) is 1. The summed E-state index contributed by atoms with van der Waals surface area (Å²) in [6.45, 7) is -0.540. The minimum absolute atomic E-state index is 0.0224. The fourth-order valence-corrected chi connectivity index (χ4v) is 2.42. The zero-order valence-corrected chi connectivity index (χ0v) is 14.0. The summed E-state index contributed by atoms with van der Waals surface area (Å²) in [7, 11) is 0. The summed E-state index contributed by atoms with van der Waals surface area (Å²) in [6.07, 6.45) is 0. The van der Waals surface area contributed by atoms with Gasteiger partial charge in [-0.05, 0) is 36.4 Å². The maximum Gasteiger partial charge on any atom is 0.341 e. The minimum Gasteiger partial charge on any atom is -0.482 e. The Labute approximate surface area is 152 Å². The molecular weight excluding hydrogens is 364 g/mol. The molecular formula is C19H12ClF2NO3. The smallest absolute Gasteiger partial charge is 0.341 e. The molecule has 0 saturated carbocycles. The lowest BCUT2D eigenvalue weighted by Gasteiger charge is -2.10. The van der Waals surface area contributed by atoms with Crippen molar-refractivity contribution in [1.29, 1.82) is 0 Å². The van der Waals surface area contributed by atoms with Crippen LogP contribution >= 0.6 is 11.6 Å². The van der Waals surface area contributed by atoms with E-state index < -0.39 is 24.2 Å². The van der Waals surface area contributed by atoms with Crippen molar-refractivity contribution in [1.82, 2.24) is 4.98 Å². The average Bonchev–Trinajstić information content (AvgIpc) is 2.62. The molecule has 1 heterocycles. The average molecular weight is 376 g/mol. The number of benzene rings is 2. The molecule has 0 amide bonds. The molecule has 0 fully saturated rings. The standard InChI is InChI=1S/C19H12ClF2NO3/c20-15-6-3-12(7-16(15)22)18-9-14(26-10-19(24)25)8-17(23-18)11-1-4-13(21)5-2-11/h1-9H,10H2,(H,24,25). The number of carboxylic acids is 1. The molecule has 132 valence electrons. The number of rotatable bonds is 5. The topological polar surface area (TPSA) is 59.4 Å². The second-order valence-electron chi connectivity index (χ2n) is 5.39. The van der Waals surface area contributed by atoms with E-state index in [-0.39, 0.29) is 10.8 Å². The van der Waals surface area contributed by atoms with E-state index in [1.54, 1.807) is 6.07 Å². The minimum atomic E-state index is -1.13. The Morgan fingerprint density at radius 1 is 1.00 bits per heavy atom. The number of hydrogen-bond donors (Lipinski definition) is 1. The fourth-order valence-electron chi connectivity index (χ4n) is 2.31. The van der Waals surface area contributed by atoms with E-state index in [0.29, 0.717) is 22.5 Å². The molecule has 1 aromatic heterocycles. The normalized spacial score (nSPS) is 10.6. The maximum absolute atomic E-state index is 13.8. The quantitative estimate of drug-likeness (QED) is 0.695. The van der Waals surface area contributed by atoms with Crippen LogP contribution in [0.2, 0.25) is 5.02 Å². The molecule has 1 N–H and O–H groups in total. The lowest BCUT2D eigenvalue weighted by atomic mass is 10.1. The van der Waals surface area contributed by atoms with Gasteiger partial charge in [0, 0.05) is 23.3 Å². The fraction of sp³-hybridized carbons (Fsp3) is 0.0526. The summed E-state index contributed by atoms with van der Waals surface area (Å²) < 4.78 is 32.2. The van der Waals surface area contributed by atoms with E-state index >= 15 is 0 Å². The summed E-state index contributed by atoms with van der Waals surface area (Å²) in [5, 5.41) is 8.78. The van der Waals surface area contributed by atoms with Crippen LogP contribution in [0.1, 0.15) is 0 Å². The first-order valence-corrected chi connectivity index (χ1v) is 7.88. The van der Waals surface area contributed by atoms with Gasteiger partial charge in [0.25, 0.3) is 0 Å². The van der Waals surface area contributed by atoms with E-state index in [1.807, 2.05) is 0 Å². The van der Waals surface area contributed by atoms with Crippen LogP contribution in [0.5, 0.6) is 5.75 Å². The molecule has 3 rings (SSSR count). The predicted molar refractivity (Wildman–Crippen MR) is 93.2 cm³/mol. The highest BCUT2D eigenvalue weighted by Gasteiger charge is 2.11. The van der Waals surface area contributed by atoms with Gasteiger partial charge in [-0.3, -0.25) is 0 Å². The molecule has 0 aliphatic rings. The maximum atomic E-state index is 13.8. The molecule has 7 heteroatoms. The van der Waals surface area contributed by atoms with Gasteiger partial charge in [-0.15, -0.1) is 0 Å². The van der Waals surface area contributed by atoms with Gasteiger partial charge >= 0.3 is 5.97 Å². The van der Waals surface area contributed by atoms with Crippen molar-refractivity contribution in [3.05, 3.63) is 71.3 Å². The highest BCUT2D eigenvalue weighted by atomic mass is 35.5. The van der Waals surface area contributed by atoms with Crippen LogP contribution in [0, 0.1) is 11.6 Å². The molecule has 0 aliphatic carbocycles. The van der Waals surface area contributed by atoms with Gasteiger partial charge in [-0.2, -0.15) is 0 Å². The van der Waals surface area contributed by atoms with Crippen molar-refractivity contribution in [3.63, 3.8) is 0 Å². The van der Waals surface area contributed by atoms with Crippen LogP contribution in [0.25, 0.3) is 22.5 Å². The third kappa shape index (κ3) is 4.15. The number of aliphatic carboxylic acids is 1. The van der Waals surface area contributed by atoms with E-state index in [0.717, 1.165) is 0 Å². The van der Waals surface area contributed by atoms with Crippen molar-refractivity contribution in [2.45, 2.75) is 0 Å². The lowest BCUT2D eigenvalue weighted by Crippen LogP contribution is -2.09. The van der Waals surface area contributed by atoms with Crippen molar-refractivity contribution < 1.29 is 23.4 Å². The van der Waals surface area contributed by atoms with Gasteiger partial charge in [0.2, 0.25) is 0 Å². The van der Waals surface area contributed by atoms with Gasteiger partial charge < -0.3 is 9.84 Å². The van der Waals surface area contributed by atoms with Gasteiger partial charge in [0.15, 0.2) is 6.61 Å². The van der Waals surface area contributed by atoms with Crippen molar-refractivity contribution in [3.8, 4) is 28.3 Å². The van der Waals surface area contributed by atoms with Crippen LogP contribution in [-0.2, 0) is 4.79 Å². The monoisotopic (exact) mass is 375 g/mol. The van der Waals surface area contributed by atoms with Crippen LogP contribution in [0.15, 0.2) is 54.6 Å². The molecule has 0 spiro atoms. The second-order valence-corrected chi connectivity index (χ2v) is 5.80. The Balaban J connectivity index is 2.08. The number of hydrogen-bond acceptors (Lipinski definition) is 3. The third-order valence-corrected chi connectivity index (χ3v) is 3.82. The van der Waals surface area contributed by atoms with Crippen LogP contribution in [-0.4, -0.2) is 22.7 Å². The predicted octanol–water partition coefficient (Wildman–Crippen LogP) is 4.81. The third-order valence-electron chi connectivity index (χ3n) is 3.52. The van der Waals surface area contributed by atoms with Crippen LogP contribution in [0.3, 0.4) is 0 Å². The molecule has 0 saturated heterocycles. The highest BCUT2D eigenvalue weighted by molar-refractivity contribution is 6.30. The zero-order chi connectivity index (χ0) is 18.7. The molecule has 0 atom stereocenters. The van der Waals surface area contributed by atoms with Crippen LogP contribution in [0.4, 0.5) is 8.78 Å². The molecule has 0 unspecified atom stereocenters. The first kappa shape index (κ1) is 17.8. The van der Waals surface area contributed by atoms with Crippen molar-refractivity contribution >= 4 is 17.6 Å². The number of halogens is 3. The summed E-state index contributed by atoms with van der Waals surface area (Å²) in [5.74, 6) is -1.89. The number of nitrogens with zero attached hydrogens (tertiary/aromatic N) is 1. The van der Waals surface area contributed by atoms with Gasteiger partial charge in [-0.1, -0.05) is 17.7 Å². The summed E-state index contributed by atoms with van der Waals surface area (Å²) in [6, 6.07) is 12.9. The lowest BCUT2D eigenvalue weighted by molar-refractivity contribution is -0.139. The largest absolute Gasteiger partial charge is 0.482 e. The van der Waals surface area contributed by atoms with Crippen molar-refractivity contribution in [2.24, 2.45) is 0 Å². The SMILES string of the molecule is O=C(O)COc1cc(-c2ccc(F)cc2)nc(-c2ccc(Cl)c(F)c2)c1. The van der Waals surface area contributed by atoms with E-state index in [2.05, 4.69) is 4.98 Å². The highest BCUT2D eigenvalue weighted by Crippen LogP contribution is 2.30. The molecule has 0 bridgehead atoms. The molecule has 4 nitrogen and oxygen atoms in total. The number of pyridine rings is 1. The Hall–Kier alpha value is -2.99.